The van der Waals surface area contributed by atoms with E-state index < -0.39 is 0 Å². The molecular weight excluding hydrogens is 246 g/mol. The van der Waals surface area contributed by atoms with Crippen LogP contribution in [0.15, 0.2) is 42.6 Å². The van der Waals surface area contributed by atoms with Crippen LogP contribution in [-0.2, 0) is 13.0 Å². The standard InChI is InChI=1S/C17H21N3/c1-2-16(18)14-7-8-17(19-11-14)20-10-9-13-5-3-4-6-15(13)12-20/h3-8,11,16H,2,9-10,12,18H2,1H3/t16-/m1/s1. The van der Waals surface area contributed by atoms with E-state index in [1.165, 1.54) is 11.1 Å². The normalized spacial score (nSPS) is 15.8. The maximum absolute atomic E-state index is 6.03. The number of rotatable bonds is 3. The van der Waals surface area contributed by atoms with Crippen molar-refractivity contribution in [3.63, 3.8) is 0 Å². The first-order valence-electron chi connectivity index (χ1n) is 7.31. The number of hydrogen-bond donors (Lipinski definition) is 1. The van der Waals surface area contributed by atoms with Crippen molar-refractivity contribution in [1.82, 2.24) is 4.98 Å². The number of aromatic nitrogens is 1. The summed E-state index contributed by atoms with van der Waals surface area (Å²) in [7, 11) is 0. The molecule has 104 valence electrons. The number of anilines is 1. The average molecular weight is 267 g/mol. The number of benzene rings is 1. The van der Waals surface area contributed by atoms with Crippen molar-refractivity contribution in [2.75, 3.05) is 11.4 Å². The molecular formula is C17H21N3. The molecule has 0 saturated carbocycles. The van der Waals surface area contributed by atoms with Crippen LogP contribution in [0.4, 0.5) is 5.82 Å². The summed E-state index contributed by atoms with van der Waals surface area (Å²) in [5.74, 6) is 1.05. The third-order valence-corrected chi connectivity index (χ3v) is 4.09. The van der Waals surface area contributed by atoms with Crippen LogP contribution in [-0.4, -0.2) is 11.5 Å². The zero-order chi connectivity index (χ0) is 13.9. The minimum Gasteiger partial charge on any atom is -0.352 e. The van der Waals surface area contributed by atoms with Gasteiger partial charge in [0, 0.05) is 25.3 Å². The van der Waals surface area contributed by atoms with Gasteiger partial charge in [-0.1, -0.05) is 37.3 Å². The van der Waals surface area contributed by atoms with Gasteiger partial charge in [0.2, 0.25) is 0 Å². The average Bonchev–Trinajstić information content (AvgIpc) is 2.54. The molecule has 3 rings (SSSR count). The van der Waals surface area contributed by atoms with Crippen LogP contribution in [0, 0.1) is 0 Å². The molecule has 0 fully saturated rings. The van der Waals surface area contributed by atoms with Gasteiger partial charge in [-0.3, -0.25) is 0 Å². The molecule has 0 saturated heterocycles. The molecule has 0 unspecified atom stereocenters. The fourth-order valence-electron chi connectivity index (χ4n) is 2.73. The van der Waals surface area contributed by atoms with Gasteiger partial charge in [0.05, 0.1) is 0 Å². The number of nitrogens with two attached hydrogens (primary N) is 1. The summed E-state index contributed by atoms with van der Waals surface area (Å²) >= 11 is 0. The molecule has 3 heteroatoms. The highest BCUT2D eigenvalue weighted by Crippen LogP contribution is 2.23. The molecule has 2 aromatic rings. The fraction of sp³-hybridized carbons (Fsp3) is 0.353. The lowest BCUT2D eigenvalue weighted by Gasteiger charge is -2.30. The molecule has 3 nitrogen and oxygen atoms in total. The summed E-state index contributed by atoms with van der Waals surface area (Å²) in [6.07, 6.45) is 3.95. The van der Waals surface area contributed by atoms with E-state index in [-0.39, 0.29) is 6.04 Å². The Kier molecular flexibility index (Phi) is 3.70. The lowest BCUT2D eigenvalue weighted by molar-refractivity contribution is 0.689. The molecule has 1 atom stereocenters. The maximum Gasteiger partial charge on any atom is 0.128 e. The molecule has 0 spiro atoms. The summed E-state index contributed by atoms with van der Waals surface area (Å²) in [5.41, 5.74) is 10.0. The molecule has 2 heterocycles. The van der Waals surface area contributed by atoms with Crippen molar-refractivity contribution < 1.29 is 0 Å². The zero-order valence-corrected chi connectivity index (χ0v) is 11.9. The molecule has 2 N–H and O–H groups in total. The van der Waals surface area contributed by atoms with Crippen LogP contribution in [0.1, 0.15) is 36.1 Å². The van der Waals surface area contributed by atoms with Crippen molar-refractivity contribution in [2.24, 2.45) is 5.73 Å². The van der Waals surface area contributed by atoms with Gasteiger partial charge in [0.15, 0.2) is 0 Å². The van der Waals surface area contributed by atoms with Gasteiger partial charge in [0.1, 0.15) is 5.82 Å². The lowest BCUT2D eigenvalue weighted by Crippen LogP contribution is -2.31. The van der Waals surface area contributed by atoms with Gasteiger partial charge in [-0.15, -0.1) is 0 Å². The highest BCUT2D eigenvalue weighted by molar-refractivity contribution is 5.44. The Morgan fingerprint density at radius 3 is 2.70 bits per heavy atom. The minimum atomic E-state index is 0.0960. The Bertz CT molecular complexity index is 577. The molecule has 0 amide bonds. The predicted octanol–water partition coefficient (Wildman–Crippen LogP) is 3.05. The van der Waals surface area contributed by atoms with E-state index in [0.717, 1.165) is 37.3 Å². The van der Waals surface area contributed by atoms with Gasteiger partial charge >= 0.3 is 0 Å². The van der Waals surface area contributed by atoms with Crippen LogP contribution in [0.3, 0.4) is 0 Å². The first-order chi connectivity index (χ1) is 9.78. The summed E-state index contributed by atoms with van der Waals surface area (Å²) in [6.45, 7) is 4.08. The highest BCUT2D eigenvalue weighted by atomic mass is 15.2. The molecule has 0 bridgehead atoms. The molecule has 0 radical (unpaired) electrons. The van der Waals surface area contributed by atoms with Crippen LogP contribution >= 0.6 is 0 Å². The van der Waals surface area contributed by atoms with Crippen molar-refractivity contribution in [3.8, 4) is 0 Å². The Labute approximate surface area is 120 Å². The third kappa shape index (κ3) is 2.54. The van der Waals surface area contributed by atoms with Gasteiger partial charge in [-0.25, -0.2) is 4.98 Å². The molecule has 1 aliphatic rings. The minimum absolute atomic E-state index is 0.0960. The lowest BCUT2D eigenvalue weighted by atomic mass is 10.00. The van der Waals surface area contributed by atoms with E-state index in [4.69, 9.17) is 5.73 Å². The Hall–Kier alpha value is -1.87. The quantitative estimate of drug-likeness (QED) is 0.929. The number of hydrogen-bond acceptors (Lipinski definition) is 3. The van der Waals surface area contributed by atoms with E-state index in [2.05, 4.69) is 53.2 Å². The second-order valence-electron chi connectivity index (χ2n) is 5.40. The van der Waals surface area contributed by atoms with Gasteiger partial charge in [-0.05, 0) is 35.6 Å². The summed E-state index contributed by atoms with van der Waals surface area (Å²) < 4.78 is 0. The van der Waals surface area contributed by atoms with Gasteiger partial charge in [-0.2, -0.15) is 0 Å². The van der Waals surface area contributed by atoms with E-state index >= 15 is 0 Å². The summed E-state index contributed by atoms with van der Waals surface area (Å²) in [6, 6.07) is 13.0. The van der Waals surface area contributed by atoms with Crippen molar-refractivity contribution in [1.29, 1.82) is 0 Å². The van der Waals surface area contributed by atoms with E-state index in [0.29, 0.717) is 0 Å². The van der Waals surface area contributed by atoms with Crippen LogP contribution < -0.4 is 10.6 Å². The van der Waals surface area contributed by atoms with Gasteiger partial charge in [0.25, 0.3) is 0 Å². The fourth-order valence-corrected chi connectivity index (χ4v) is 2.73. The SMILES string of the molecule is CC[C@@H](N)c1ccc(N2CCc3ccccc3C2)nc1. The van der Waals surface area contributed by atoms with Crippen molar-refractivity contribution in [3.05, 3.63) is 59.3 Å². The number of pyridine rings is 1. The zero-order valence-electron chi connectivity index (χ0n) is 11.9. The van der Waals surface area contributed by atoms with Crippen molar-refractivity contribution in [2.45, 2.75) is 32.4 Å². The van der Waals surface area contributed by atoms with E-state index in [9.17, 15) is 0 Å². The van der Waals surface area contributed by atoms with Crippen LogP contribution in [0.5, 0.6) is 0 Å². The smallest absolute Gasteiger partial charge is 0.128 e. The number of fused-ring (bicyclic) bond motifs is 1. The van der Waals surface area contributed by atoms with E-state index in [1.807, 2.05) is 6.20 Å². The molecule has 1 aromatic carbocycles. The third-order valence-electron chi connectivity index (χ3n) is 4.09. The maximum atomic E-state index is 6.03. The summed E-state index contributed by atoms with van der Waals surface area (Å²) in [4.78, 5) is 6.93. The van der Waals surface area contributed by atoms with Crippen LogP contribution in [0.25, 0.3) is 0 Å². The monoisotopic (exact) mass is 267 g/mol. The topological polar surface area (TPSA) is 42.1 Å². The Balaban J connectivity index is 1.78. The molecule has 1 aromatic heterocycles. The first kappa shape index (κ1) is 13.1. The van der Waals surface area contributed by atoms with E-state index in [1.54, 1.807) is 0 Å². The molecule has 1 aliphatic heterocycles. The molecule has 20 heavy (non-hydrogen) atoms. The second kappa shape index (κ2) is 5.63. The second-order valence-corrected chi connectivity index (χ2v) is 5.40. The first-order valence-corrected chi connectivity index (χ1v) is 7.31. The Morgan fingerprint density at radius 1 is 1.20 bits per heavy atom. The number of nitrogens with zero attached hydrogens (tertiary/aromatic N) is 2. The predicted molar refractivity (Wildman–Crippen MR) is 82.7 cm³/mol. The van der Waals surface area contributed by atoms with Gasteiger partial charge < -0.3 is 10.6 Å². The van der Waals surface area contributed by atoms with Crippen LogP contribution in [0.2, 0.25) is 0 Å². The highest BCUT2D eigenvalue weighted by Gasteiger charge is 2.17. The summed E-state index contributed by atoms with van der Waals surface area (Å²) in [5, 5.41) is 0. The largest absolute Gasteiger partial charge is 0.352 e. The Morgan fingerprint density at radius 2 is 2.00 bits per heavy atom. The molecule has 0 aliphatic carbocycles. The van der Waals surface area contributed by atoms with Crippen molar-refractivity contribution >= 4 is 5.82 Å².